The number of rotatable bonds is 4. The van der Waals surface area contributed by atoms with Crippen LogP contribution >= 0.6 is 0 Å². The number of likely N-dealkylation sites (tertiary alicyclic amines) is 1. The fourth-order valence-electron chi connectivity index (χ4n) is 4.54. The van der Waals surface area contributed by atoms with Gasteiger partial charge in [0.1, 0.15) is 5.82 Å². The fraction of sp³-hybridized carbons (Fsp3) is 0.333. The van der Waals surface area contributed by atoms with Crippen LogP contribution in [0.3, 0.4) is 0 Å². The minimum Gasteiger partial charge on any atom is -0.385 e. The molecule has 4 aromatic rings. The van der Waals surface area contributed by atoms with Gasteiger partial charge >= 0.3 is 0 Å². The van der Waals surface area contributed by atoms with E-state index in [0.29, 0.717) is 43.4 Å². The van der Waals surface area contributed by atoms with Crippen molar-refractivity contribution in [3.63, 3.8) is 0 Å². The molecule has 0 bridgehead atoms. The molecule has 1 aliphatic rings. The Kier molecular flexibility index (Phi) is 5.01. The summed E-state index contributed by atoms with van der Waals surface area (Å²) in [5.41, 5.74) is 1.74. The summed E-state index contributed by atoms with van der Waals surface area (Å²) < 4.78 is 1.77. The second-order valence-corrected chi connectivity index (χ2v) is 8.40. The molecule has 32 heavy (non-hydrogen) atoms. The van der Waals surface area contributed by atoms with Crippen molar-refractivity contribution in [1.29, 1.82) is 0 Å². The second-order valence-electron chi connectivity index (χ2n) is 8.40. The summed E-state index contributed by atoms with van der Waals surface area (Å²) in [7, 11) is 0. The van der Waals surface area contributed by atoms with E-state index in [1.54, 1.807) is 21.4 Å². The number of hydrogen-bond donors (Lipinski definition) is 2. The van der Waals surface area contributed by atoms with Gasteiger partial charge in [-0.25, -0.2) is 0 Å². The Hall–Kier alpha value is -3.52. The van der Waals surface area contributed by atoms with E-state index >= 15 is 0 Å². The third-order valence-electron chi connectivity index (χ3n) is 6.33. The molecule has 1 fully saturated rings. The molecule has 3 heterocycles. The molecule has 1 saturated heterocycles. The van der Waals surface area contributed by atoms with Crippen LogP contribution in [0.1, 0.15) is 47.9 Å². The van der Waals surface area contributed by atoms with Gasteiger partial charge < -0.3 is 15.0 Å². The third kappa shape index (κ3) is 3.36. The number of piperidine rings is 1. The number of fused-ring (bicyclic) bond motifs is 3. The number of aromatic amines is 1. The lowest BCUT2D eigenvalue weighted by Crippen LogP contribution is -2.45. The van der Waals surface area contributed by atoms with Crippen LogP contribution in [0.4, 0.5) is 0 Å². The summed E-state index contributed by atoms with van der Waals surface area (Å²) in [6.45, 7) is 2.97. The van der Waals surface area contributed by atoms with Gasteiger partial charge in [-0.15, -0.1) is 10.2 Å². The summed E-state index contributed by atoms with van der Waals surface area (Å²) in [6.07, 6.45) is 2.55. The standard InChI is InChI=1S/C24H25N5O3/c1-2-6-20-26-27-21-22(30)25-18-15-16(9-10-19(18)29(20)21)23(31)28-13-11-24(32,12-14-28)17-7-4-3-5-8-17/h3-5,7-10,15,32H,2,6,11-14H2,1H3,(H,25,30). The first-order valence-corrected chi connectivity index (χ1v) is 11.0. The van der Waals surface area contributed by atoms with Crippen molar-refractivity contribution in [2.45, 2.75) is 38.2 Å². The molecule has 1 amide bonds. The number of benzene rings is 2. The minimum absolute atomic E-state index is 0.111. The number of aromatic nitrogens is 4. The van der Waals surface area contributed by atoms with E-state index < -0.39 is 5.60 Å². The van der Waals surface area contributed by atoms with Crippen LogP contribution in [0.15, 0.2) is 53.3 Å². The molecule has 0 atom stereocenters. The Morgan fingerprint density at radius 1 is 1.12 bits per heavy atom. The van der Waals surface area contributed by atoms with E-state index in [1.165, 1.54) is 0 Å². The molecule has 2 aromatic heterocycles. The number of carbonyl (C=O) groups is 1. The van der Waals surface area contributed by atoms with E-state index in [9.17, 15) is 14.7 Å². The molecular formula is C24H25N5O3. The lowest BCUT2D eigenvalue weighted by molar-refractivity contribution is -0.0211. The van der Waals surface area contributed by atoms with Gasteiger partial charge in [-0.2, -0.15) is 0 Å². The predicted molar refractivity (Wildman–Crippen MR) is 121 cm³/mol. The van der Waals surface area contributed by atoms with Gasteiger partial charge in [0, 0.05) is 25.1 Å². The van der Waals surface area contributed by atoms with Crippen LogP contribution in [0.5, 0.6) is 0 Å². The summed E-state index contributed by atoms with van der Waals surface area (Å²) >= 11 is 0. The molecule has 164 valence electrons. The number of aryl methyl sites for hydroxylation is 1. The number of aliphatic hydroxyl groups is 1. The maximum Gasteiger partial charge on any atom is 0.294 e. The topological polar surface area (TPSA) is 104 Å². The molecule has 0 saturated carbocycles. The zero-order valence-corrected chi connectivity index (χ0v) is 17.9. The van der Waals surface area contributed by atoms with Gasteiger partial charge in [0.05, 0.1) is 16.6 Å². The quantitative estimate of drug-likeness (QED) is 0.517. The smallest absolute Gasteiger partial charge is 0.294 e. The van der Waals surface area contributed by atoms with Crippen LogP contribution < -0.4 is 5.56 Å². The van der Waals surface area contributed by atoms with Crippen molar-refractivity contribution in [3.8, 4) is 0 Å². The summed E-state index contributed by atoms with van der Waals surface area (Å²) in [5, 5.41) is 19.2. The fourth-order valence-corrected chi connectivity index (χ4v) is 4.54. The van der Waals surface area contributed by atoms with Gasteiger partial charge in [0.15, 0.2) is 0 Å². The highest BCUT2D eigenvalue weighted by Crippen LogP contribution is 2.33. The van der Waals surface area contributed by atoms with E-state index in [4.69, 9.17) is 0 Å². The molecule has 0 radical (unpaired) electrons. The highest BCUT2D eigenvalue weighted by Gasteiger charge is 2.35. The van der Waals surface area contributed by atoms with Crippen molar-refractivity contribution in [2.75, 3.05) is 13.1 Å². The van der Waals surface area contributed by atoms with Gasteiger partial charge in [-0.05, 0) is 43.0 Å². The number of H-pyrrole nitrogens is 1. The first-order valence-electron chi connectivity index (χ1n) is 11.0. The number of nitrogens with one attached hydrogen (secondary N) is 1. The monoisotopic (exact) mass is 431 g/mol. The van der Waals surface area contributed by atoms with E-state index in [-0.39, 0.29) is 17.1 Å². The molecular weight excluding hydrogens is 406 g/mol. The van der Waals surface area contributed by atoms with Crippen molar-refractivity contribution in [2.24, 2.45) is 0 Å². The molecule has 8 nitrogen and oxygen atoms in total. The largest absolute Gasteiger partial charge is 0.385 e. The molecule has 5 rings (SSSR count). The molecule has 0 unspecified atom stereocenters. The molecule has 2 aromatic carbocycles. The Morgan fingerprint density at radius 2 is 1.88 bits per heavy atom. The highest BCUT2D eigenvalue weighted by molar-refractivity contribution is 5.97. The predicted octanol–water partition coefficient (Wildman–Crippen LogP) is 2.65. The molecule has 0 spiro atoms. The Bertz CT molecular complexity index is 1350. The Labute approximate surface area is 184 Å². The minimum atomic E-state index is -0.914. The van der Waals surface area contributed by atoms with Gasteiger partial charge in [-0.3, -0.25) is 14.0 Å². The summed E-state index contributed by atoms with van der Waals surface area (Å²) in [4.78, 5) is 30.3. The van der Waals surface area contributed by atoms with E-state index in [0.717, 1.165) is 23.3 Å². The summed E-state index contributed by atoms with van der Waals surface area (Å²) in [5.74, 6) is 0.620. The van der Waals surface area contributed by atoms with Gasteiger partial charge in [0.25, 0.3) is 11.5 Å². The molecule has 1 aliphatic heterocycles. The van der Waals surface area contributed by atoms with E-state index in [1.807, 2.05) is 43.3 Å². The maximum atomic E-state index is 13.2. The van der Waals surface area contributed by atoms with Gasteiger partial charge in [-0.1, -0.05) is 37.3 Å². The van der Waals surface area contributed by atoms with Gasteiger partial charge in [0.2, 0.25) is 5.65 Å². The SMILES string of the molecule is CCCc1nnc2c(=O)[nH]c3cc(C(=O)N4CCC(O)(c5ccccc5)CC4)ccc3n12. The van der Waals surface area contributed by atoms with Crippen molar-refractivity contribution in [3.05, 3.63) is 75.8 Å². The second kappa shape index (κ2) is 7.87. The number of hydrogen-bond acceptors (Lipinski definition) is 5. The first kappa shape index (κ1) is 20.4. The van der Waals surface area contributed by atoms with E-state index in [2.05, 4.69) is 15.2 Å². The average molecular weight is 431 g/mol. The lowest BCUT2D eigenvalue weighted by atomic mass is 9.84. The number of carbonyl (C=O) groups excluding carboxylic acids is 1. The number of nitrogens with zero attached hydrogens (tertiary/aromatic N) is 4. The first-order chi connectivity index (χ1) is 15.5. The zero-order chi connectivity index (χ0) is 22.3. The maximum absolute atomic E-state index is 13.2. The van der Waals surface area contributed by atoms with Crippen LogP contribution in [0.25, 0.3) is 16.7 Å². The zero-order valence-electron chi connectivity index (χ0n) is 17.9. The normalized spacial score (nSPS) is 16.0. The van der Waals surface area contributed by atoms with Crippen molar-refractivity contribution >= 4 is 22.6 Å². The third-order valence-corrected chi connectivity index (χ3v) is 6.33. The summed E-state index contributed by atoms with van der Waals surface area (Å²) in [6, 6.07) is 14.9. The Balaban J connectivity index is 1.43. The molecule has 8 heteroatoms. The van der Waals surface area contributed by atoms with Crippen molar-refractivity contribution in [1.82, 2.24) is 24.5 Å². The van der Waals surface area contributed by atoms with Crippen LogP contribution in [-0.4, -0.2) is 48.6 Å². The van der Waals surface area contributed by atoms with Crippen LogP contribution in [-0.2, 0) is 12.0 Å². The number of amides is 1. The van der Waals surface area contributed by atoms with Crippen LogP contribution in [0.2, 0.25) is 0 Å². The lowest BCUT2D eigenvalue weighted by Gasteiger charge is -2.38. The van der Waals surface area contributed by atoms with Crippen LogP contribution in [0, 0.1) is 0 Å². The molecule has 2 N–H and O–H groups in total. The highest BCUT2D eigenvalue weighted by atomic mass is 16.3. The molecule has 0 aliphatic carbocycles. The Morgan fingerprint density at radius 3 is 2.59 bits per heavy atom. The average Bonchev–Trinajstić information content (AvgIpc) is 3.24. The van der Waals surface area contributed by atoms with Crippen molar-refractivity contribution < 1.29 is 9.90 Å².